The van der Waals surface area contributed by atoms with Crippen LogP contribution in [0.25, 0.3) is 0 Å². The Morgan fingerprint density at radius 1 is 1.70 bits per heavy atom. The van der Waals surface area contributed by atoms with Gasteiger partial charge in [0.05, 0.1) is 15.5 Å². The number of nitrogens with zero attached hydrogens (tertiary/aromatic N) is 1. The molecular formula is C6H7BrN2S. The van der Waals surface area contributed by atoms with Gasteiger partial charge < -0.3 is 5.73 Å². The van der Waals surface area contributed by atoms with Gasteiger partial charge in [-0.05, 0) is 28.8 Å². The topological polar surface area (TPSA) is 38.9 Å². The van der Waals surface area contributed by atoms with E-state index < -0.39 is 0 Å². The number of nitrogens with two attached hydrogens (primary N) is 1. The minimum atomic E-state index is -0.0588. The summed E-state index contributed by atoms with van der Waals surface area (Å²) in [5, 5.41) is 1.07. The van der Waals surface area contributed by atoms with Crippen LogP contribution in [0.1, 0.15) is 17.8 Å². The summed E-state index contributed by atoms with van der Waals surface area (Å²) >= 11 is 4.99. The van der Waals surface area contributed by atoms with E-state index in [-0.39, 0.29) is 5.54 Å². The second kappa shape index (κ2) is 2.03. The van der Waals surface area contributed by atoms with Gasteiger partial charge in [-0.15, -0.1) is 11.3 Å². The van der Waals surface area contributed by atoms with E-state index in [1.807, 2.05) is 6.20 Å². The minimum Gasteiger partial charge on any atom is -0.319 e. The van der Waals surface area contributed by atoms with Crippen LogP contribution in [0.4, 0.5) is 0 Å². The molecule has 1 aromatic heterocycles. The lowest BCUT2D eigenvalue weighted by Gasteiger charge is -2.00. The third-order valence-corrected chi connectivity index (χ3v) is 3.39. The van der Waals surface area contributed by atoms with Crippen molar-refractivity contribution in [2.75, 3.05) is 0 Å². The highest BCUT2D eigenvalue weighted by Crippen LogP contribution is 2.44. The van der Waals surface area contributed by atoms with E-state index in [2.05, 4.69) is 20.9 Å². The molecular weight excluding hydrogens is 212 g/mol. The highest BCUT2D eigenvalue weighted by atomic mass is 79.9. The second-order valence-electron chi connectivity index (χ2n) is 2.63. The number of thiazole rings is 1. The van der Waals surface area contributed by atoms with Crippen LogP contribution in [0, 0.1) is 0 Å². The molecule has 1 aromatic rings. The second-order valence-corrected chi connectivity index (χ2v) is 5.04. The predicted molar refractivity (Wildman–Crippen MR) is 44.9 cm³/mol. The van der Waals surface area contributed by atoms with Gasteiger partial charge in [-0.3, -0.25) is 0 Å². The molecule has 0 atom stereocenters. The van der Waals surface area contributed by atoms with Crippen molar-refractivity contribution in [2.24, 2.45) is 5.73 Å². The first-order valence-corrected chi connectivity index (χ1v) is 4.72. The molecule has 2 nitrogen and oxygen atoms in total. The average molecular weight is 219 g/mol. The van der Waals surface area contributed by atoms with Crippen LogP contribution in [0.5, 0.6) is 0 Å². The molecule has 0 bridgehead atoms. The molecule has 54 valence electrons. The zero-order chi connectivity index (χ0) is 7.19. The van der Waals surface area contributed by atoms with Crippen LogP contribution in [0.3, 0.4) is 0 Å². The van der Waals surface area contributed by atoms with Gasteiger partial charge in [0, 0.05) is 0 Å². The van der Waals surface area contributed by atoms with Gasteiger partial charge >= 0.3 is 0 Å². The summed E-state index contributed by atoms with van der Waals surface area (Å²) in [4.78, 5) is 4.20. The molecule has 2 N–H and O–H groups in total. The van der Waals surface area contributed by atoms with E-state index in [4.69, 9.17) is 5.73 Å². The molecule has 1 saturated carbocycles. The molecule has 10 heavy (non-hydrogen) atoms. The standard InChI is InChI=1S/C6H7BrN2S/c7-4-3-9-5(10-4)6(8)1-2-6/h3H,1-2,8H2. The van der Waals surface area contributed by atoms with Crippen molar-refractivity contribution in [2.45, 2.75) is 18.4 Å². The Morgan fingerprint density at radius 3 is 2.80 bits per heavy atom. The average Bonchev–Trinajstić information content (AvgIpc) is 2.45. The molecule has 0 aromatic carbocycles. The highest BCUT2D eigenvalue weighted by Gasteiger charge is 2.42. The Bertz CT molecular complexity index is 254. The van der Waals surface area contributed by atoms with Gasteiger partial charge in [-0.1, -0.05) is 0 Å². The van der Waals surface area contributed by atoms with Gasteiger partial charge in [0.15, 0.2) is 0 Å². The molecule has 1 aliphatic rings. The van der Waals surface area contributed by atoms with Crippen molar-refractivity contribution in [3.05, 3.63) is 15.0 Å². The Morgan fingerprint density at radius 2 is 2.40 bits per heavy atom. The molecule has 0 aliphatic heterocycles. The zero-order valence-corrected chi connectivity index (χ0v) is 7.70. The van der Waals surface area contributed by atoms with Crippen LogP contribution in [0.15, 0.2) is 9.98 Å². The number of aromatic nitrogens is 1. The normalized spacial score (nSPS) is 21.0. The first-order chi connectivity index (χ1) is 4.71. The number of halogens is 1. The van der Waals surface area contributed by atoms with Crippen LogP contribution >= 0.6 is 27.3 Å². The molecule has 1 heterocycles. The molecule has 1 aliphatic carbocycles. The Labute approximate surface area is 71.6 Å². The zero-order valence-electron chi connectivity index (χ0n) is 5.30. The van der Waals surface area contributed by atoms with E-state index in [1.54, 1.807) is 11.3 Å². The van der Waals surface area contributed by atoms with Crippen molar-refractivity contribution in [1.82, 2.24) is 4.98 Å². The highest BCUT2D eigenvalue weighted by molar-refractivity contribution is 9.11. The van der Waals surface area contributed by atoms with Crippen LogP contribution in [0.2, 0.25) is 0 Å². The van der Waals surface area contributed by atoms with Crippen LogP contribution in [-0.2, 0) is 5.54 Å². The van der Waals surface area contributed by atoms with Gasteiger partial charge in [0.1, 0.15) is 5.01 Å². The van der Waals surface area contributed by atoms with Gasteiger partial charge in [0.25, 0.3) is 0 Å². The molecule has 0 spiro atoms. The largest absolute Gasteiger partial charge is 0.319 e. The van der Waals surface area contributed by atoms with Gasteiger partial charge in [0.2, 0.25) is 0 Å². The fourth-order valence-electron chi connectivity index (χ4n) is 0.833. The maximum Gasteiger partial charge on any atom is 0.114 e. The molecule has 1 fully saturated rings. The fourth-order valence-corrected chi connectivity index (χ4v) is 2.20. The lowest BCUT2D eigenvalue weighted by atomic mass is 10.3. The van der Waals surface area contributed by atoms with Crippen LogP contribution < -0.4 is 5.73 Å². The summed E-state index contributed by atoms with van der Waals surface area (Å²) in [6.07, 6.45) is 3.99. The molecule has 2 rings (SSSR count). The smallest absolute Gasteiger partial charge is 0.114 e. The molecule has 0 amide bonds. The van der Waals surface area contributed by atoms with E-state index >= 15 is 0 Å². The SMILES string of the molecule is NC1(c2ncc(Br)s2)CC1. The molecule has 0 radical (unpaired) electrons. The third-order valence-electron chi connectivity index (χ3n) is 1.69. The quantitative estimate of drug-likeness (QED) is 0.782. The monoisotopic (exact) mass is 218 g/mol. The van der Waals surface area contributed by atoms with Crippen molar-refractivity contribution in [1.29, 1.82) is 0 Å². The van der Waals surface area contributed by atoms with Crippen LogP contribution in [-0.4, -0.2) is 4.98 Å². The maximum atomic E-state index is 5.91. The molecule has 4 heteroatoms. The Kier molecular flexibility index (Phi) is 1.37. The number of rotatable bonds is 1. The maximum absolute atomic E-state index is 5.91. The summed E-state index contributed by atoms with van der Waals surface area (Å²) in [6.45, 7) is 0. The van der Waals surface area contributed by atoms with E-state index in [0.717, 1.165) is 21.6 Å². The van der Waals surface area contributed by atoms with Gasteiger partial charge in [-0.2, -0.15) is 0 Å². The summed E-state index contributed by atoms with van der Waals surface area (Å²) in [5.74, 6) is 0. The van der Waals surface area contributed by atoms with Crippen molar-refractivity contribution < 1.29 is 0 Å². The first-order valence-electron chi connectivity index (χ1n) is 3.11. The van der Waals surface area contributed by atoms with E-state index in [1.165, 1.54) is 0 Å². The number of hydrogen-bond acceptors (Lipinski definition) is 3. The lowest BCUT2D eigenvalue weighted by Crippen LogP contribution is -2.17. The molecule has 0 saturated heterocycles. The summed E-state index contributed by atoms with van der Waals surface area (Å²) in [7, 11) is 0. The van der Waals surface area contributed by atoms with E-state index in [9.17, 15) is 0 Å². The summed E-state index contributed by atoms with van der Waals surface area (Å²) in [5.41, 5.74) is 5.85. The third kappa shape index (κ3) is 1.00. The Hall–Kier alpha value is 0.0700. The van der Waals surface area contributed by atoms with E-state index in [0.29, 0.717) is 0 Å². The fraction of sp³-hybridized carbons (Fsp3) is 0.500. The number of hydrogen-bond donors (Lipinski definition) is 1. The molecule has 0 unspecified atom stereocenters. The first kappa shape index (κ1) is 6.76. The minimum absolute atomic E-state index is 0.0588. The lowest BCUT2D eigenvalue weighted by molar-refractivity contribution is 0.731. The van der Waals surface area contributed by atoms with Crippen molar-refractivity contribution >= 4 is 27.3 Å². The van der Waals surface area contributed by atoms with Crippen molar-refractivity contribution in [3.8, 4) is 0 Å². The predicted octanol–water partition coefficient (Wildman–Crippen LogP) is 1.85. The van der Waals surface area contributed by atoms with Crippen molar-refractivity contribution in [3.63, 3.8) is 0 Å². The summed E-state index contributed by atoms with van der Waals surface area (Å²) < 4.78 is 1.07. The summed E-state index contributed by atoms with van der Waals surface area (Å²) in [6, 6.07) is 0. The Balaban J connectivity index is 2.34. The van der Waals surface area contributed by atoms with Gasteiger partial charge in [-0.25, -0.2) is 4.98 Å².